The number of hydrogen-bond donors (Lipinski definition) is 1. The van der Waals surface area contributed by atoms with E-state index in [-0.39, 0.29) is 12.2 Å². The van der Waals surface area contributed by atoms with E-state index in [1.54, 1.807) is 43.3 Å². The summed E-state index contributed by atoms with van der Waals surface area (Å²) in [6.07, 6.45) is 2.94. The molecule has 7 heteroatoms. The quantitative estimate of drug-likeness (QED) is 0.455. The summed E-state index contributed by atoms with van der Waals surface area (Å²) in [6, 6.07) is 9.37. The van der Waals surface area contributed by atoms with Gasteiger partial charge in [0.15, 0.2) is 0 Å². The highest BCUT2D eigenvalue weighted by atomic mass is 35.5. The number of urea groups is 1. The fourth-order valence-electron chi connectivity index (χ4n) is 3.00. The van der Waals surface area contributed by atoms with Crippen molar-refractivity contribution in [2.24, 2.45) is 0 Å². The average molecular weight is 411 g/mol. The average Bonchev–Trinajstić information content (AvgIpc) is 2.66. The van der Waals surface area contributed by atoms with Gasteiger partial charge in [0.25, 0.3) is 11.8 Å². The lowest BCUT2D eigenvalue weighted by Crippen LogP contribution is -2.54. The van der Waals surface area contributed by atoms with E-state index >= 15 is 0 Å². The third kappa shape index (κ3) is 4.22. The number of nitrogens with one attached hydrogen (secondary N) is 1. The summed E-state index contributed by atoms with van der Waals surface area (Å²) in [4.78, 5) is 38.8. The smallest absolute Gasteiger partial charge is 0.335 e. The number of nitrogens with zero attached hydrogens (tertiary/aromatic N) is 1. The molecule has 0 radical (unpaired) electrons. The maximum absolute atomic E-state index is 13.1. The van der Waals surface area contributed by atoms with Crippen molar-refractivity contribution in [3.63, 3.8) is 0 Å². The van der Waals surface area contributed by atoms with Crippen molar-refractivity contribution in [2.45, 2.75) is 13.8 Å². The van der Waals surface area contributed by atoms with Crippen LogP contribution >= 0.6 is 11.6 Å². The Bertz CT molecular complexity index is 1060. The molecule has 2 aromatic rings. The minimum absolute atomic E-state index is 0.199. The fraction of sp³-hybridized carbons (Fsp3) is 0.136. The lowest BCUT2D eigenvalue weighted by molar-refractivity contribution is -0.122. The highest BCUT2D eigenvalue weighted by molar-refractivity contribution is 6.39. The first-order valence-corrected chi connectivity index (χ1v) is 9.21. The van der Waals surface area contributed by atoms with Crippen LogP contribution in [-0.2, 0) is 9.59 Å². The number of hydrogen-bond acceptors (Lipinski definition) is 4. The molecule has 0 aromatic heterocycles. The molecule has 1 aliphatic heterocycles. The Morgan fingerprint density at radius 3 is 2.59 bits per heavy atom. The summed E-state index contributed by atoms with van der Waals surface area (Å²) >= 11 is 6.07. The number of ether oxygens (including phenoxy) is 1. The first-order chi connectivity index (χ1) is 13.8. The van der Waals surface area contributed by atoms with Crippen LogP contribution in [0.3, 0.4) is 0 Å². The molecule has 3 rings (SSSR count). The van der Waals surface area contributed by atoms with Crippen LogP contribution in [0.2, 0.25) is 5.02 Å². The van der Waals surface area contributed by atoms with Gasteiger partial charge in [0, 0.05) is 10.6 Å². The molecule has 0 spiro atoms. The largest absolute Gasteiger partial charge is 0.489 e. The van der Waals surface area contributed by atoms with Crippen molar-refractivity contribution in [1.82, 2.24) is 5.32 Å². The second-order valence-corrected chi connectivity index (χ2v) is 6.97. The molecule has 0 atom stereocenters. The Balaban J connectivity index is 2.06. The van der Waals surface area contributed by atoms with Gasteiger partial charge < -0.3 is 4.74 Å². The Kier molecular flexibility index (Phi) is 5.84. The summed E-state index contributed by atoms with van der Waals surface area (Å²) < 4.78 is 5.57. The zero-order valence-corrected chi connectivity index (χ0v) is 16.7. The maximum atomic E-state index is 13.1. The van der Waals surface area contributed by atoms with E-state index in [1.807, 2.05) is 13.0 Å². The van der Waals surface area contributed by atoms with E-state index in [0.717, 1.165) is 16.0 Å². The third-order valence-corrected chi connectivity index (χ3v) is 4.56. The van der Waals surface area contributed by atoms with Gasteiger partial charge >= 0.3 is 6.03 Å². The first-order valence-electron chi connectivity index (χ1n) is 8.83. The Labute approximate surface area is 173 Å². The summed E-state index contributed by atoms with van der Waals surface area (Å²) in [5.41, 5.74) is 2.37. The normalized spacial score (nSPS) is 15.5. The molecule has 4 amide bonds. The van der Waals surface area contributed by atoms with Crippen LogP contribution in [0.25, 0.3) is 6.08 Å². The van der Waals surface area contributed by atoms with Crippen molar-refractivity contribution in [2.75, 3.05) is 11.5 Å². The summed E-state index contributed by atoms with van der Waals surface area (Å²) in [5.74, 6) is -1.08. The molecule has 0 unspecified atom stereocenters. The van der Waals surface area contributed by atoms with Crippen LogP contribution in [0, 0.1) is 13.8 Å². The highest BCUT2D eigenvalue weighted by Crippen LogP contribution is 2.29. The maximum Gasteiger partial charge on any atom is 0.335 e. The molecule has 0 bridgehead atoms. The number of halogens is 1. The molecule has 6 nitrogen and oxygen atoms in total. The third-order valence-electron chi connectivity index (χ3n) is 4.32. The van der Waals surface area contributed by atoms with Gasteiger partial charge in [-0.3, -0.25) is 14.9 Å². The van der Waals surface area contributed by atoms with Crippen LogP contribution in [0.1, 0.15) is 16.7 Å². The van der Waals surface area contributed by atoms with Crippen LogP contribution in [0.4, 0.5) is 10.5 Å². The van der Waals surface area contributed by atoms with Crippen molar-refractivity contribution in [1.29, 1.82) is 0 Å². The van der Waals surface area contributed by atoms with Gasteiger partial charge in [-0.25, -0.2) is 9.69 Å². The zero-order valence-electron chi connectivity index (χ0n) is 16.0. The highest BCUT2D eigenvalue weighted by Gasteiger charge is 2.37. The van der Waals surface area contributed by atoms with Crippen molar-refractivity contribution in [3.8, 4) is 5.75 Å². The number of imide groups is 2. The lowest BCUT2D eigenvalue weighted by Gasteiger charge is -2.27. The van der Waals surface area contributed by atoms with Gasteiger partial charge in [0.1, 0.15) is 17.9 Å². The van der Waals surface area contributed by atoms with Gasteiger partial charge in [0.2, 0.25) is 0 Å². The zero-order chi connectivity index (χ0) is 21.1. The minimum Gasteiger partial charge on any atom is -0.489 e. The fourth-order valence-corrected chi connectivity index (χ4v) is 3.18. The van der Waals surface area contributed by atoms with Crippen LogP contribution in [0.5, 0.6) is 5.75 Å². The number of aryl methyl sites for hydroxylation is 2. The van der Waals surface area contributed by atoms with Crippen LogP contribution in [0.15, 0.2) is 54.6 Å². The van der Waals surface area contributed by atoms with Gasteiger partial charge in [-0.1, -0.05) is 42.0 Å². The molecule has 0 aliphatic carbocycles. The van der Waals surface area contributed by atoms with E-state index < -0.39 is 17.8 Å². The molecule has 1 aliphatic rings. The molecular weight excluding hydrogens is 392 g/mol. The Hall–Kier alpha value is -3.38. The number of rotatable bonds is 5. The van der Waals surface area contributed by atoms with Gasteiger partial charge in [-0.15, -0.1) is 0 Å². The van der Waals surface area contributed by atoms with Crippen LogP contribution < -0.4 is 15.0 Å². The number of benzene rings is 2. The number of barbiturate groups is 1. The molecule has 1 fully saturated rings. The van der Waals surface area contributed by atoms with Crippen molar-refractivity contribution in [3.05, 3.63) is 76.3 Å². The van der Waals surface area contributed by atoms with Crippen molar-refractivity contribution >= 4 is 41.2 Å². The monoisotopic (exact) mass is 410 g/mol. The molecular formula is C22H19ClN2O4. The van der Waals surface area contributed by atoms with Crippen molar-refractivity contribution < 1.29 is 19.1 Å². The van der Waals surface area contributed by atoms with Crippen LogP contribution in [-0.4, -0.2) is 24.5 Å². The molecule has 2 aromatic carbocycles. The first kappa shape index (κ1) is 20.4. The number of carbonyl (C=O) groups excluding carboxylic acids is 3. The van der Waals surface area contributed by atoms with E-state index in [2.05, 4.69) is 11.9 Å². The van der Waals surface area contributed by atoms with Gasteiger partial charge in [-0.05, 0) is 49.8 Å². The standard InChI is InChI=1S/C22H19ClN2O4/c1-4-9-29-19-8-6-16(23)11-15(19)12-17-20(26)24-22(28)25(21(17)27)18-7-5-13(2)10-14(18)3/h4-8,10-12H,1,9H2,2-3H3,(H,24,26,28)/b17-12+. The predicted molar refractivity (Wildman–Crippen MR) is 112 cm³/mol. The molecule has 0 saturated carbocycles. The Morgan fingerprint density at radius 2 is 1.90 bits per heavy atom. The summed E-state index contributed by atoms with van der Waals surface area (Å²) in [6.45, 7) is 7.54. The SMILES string of the molecule is C=CCOc1ccc(Cl)cc1/C=C1\C(=O)NC(=O)N(c2ccc(C)cc2C)C1=O. The molecule has 1 N–H and O–H groups in total. The summed E-state index contributed by atoms with van der Waals surface area (Å²) in [5, 5.41) is 2.63. The van der Waals surface area contributed by atoms with Gasteiger partial charge in [-0.2, -0.15) is 0 Å². The number of amides is 4. The van der Waals surface area contributed by atoms with E-state index in [0.29, 0.717) is 22.0 Å². The van der Waals surface area contributed by atoms with Gasteiger partial charge in [0.05, 0.1) is 5.69 Å². The number of anilines is 1. The predicted octanol–water partition coefficient (Wildman–Crippen LogP) is 4.19. The molecule has 29 heavy (non-hydrogen) atoms. The second kappa shape index (κ2) is 8.32. The van der Waals surface area contributed by atoms with E-state index in [1.165, 1.54) is 6.08 Å². The minimum atomic E-state index is -0.793. The Morgan fingerprint density at radius 1 is 1.14 bits per heavy atom. The second-order valence-electron chi connectivity index (χ2n) is 6.53. The summed E-state index contributed by atoms with van der Waals surface area (Å²) in [7, 11) is 0. The van der Waals surface area contributed by atoms with E-state index in [4.69, 9.17) is 16.3 Å². The topological polar surface area (TPSA) is 75.7 Å². The molecule has 1 saturated heterocycles. The van der Waals surface area contributed by atoms with E-state index in [9.17, 15) is 14.4 Å². The number of carbonyl (C=O) groups is 3. The molecule has 148 valence electrons. The molecule has 1 heterocycles. The lowest BCUT2D eigenvalue weighted by atomic mass is 10.0.